The Hall–Kier alpha value is -0.690. The van der Waals surface area contributed by atoms with Crippen molar-refractivity contribution in [2.45, 2.75) is 12.3 Å². The van der Waals surface area contributed by atoms with Crippen LogP contribution < -0.4 is 4.74 Å². The molecular weight excluding hydrogens is 172 g/mol. The van der Waals surface area contributed by atoms with Crippen molar-refractivity contribution in [1.29, 1.82) is 0 Å². The average Bonchev–Trinajstić information content (AvgIpc) is 2.83. The lowest BCUT2D eigenvalue weighted by Gasteiger charge is -2.00. The van der Waals surface area contributed by atoms with Gasteiger partial charge >= 0.3 is 0 Å². The summed E-state index contributed by atoms with van der Waals surface area (Å²) in [6.07, 6.45) is 1.04. The van der Waals surface area contributed by atoms with Crippen LogP contribution >= 0.6 is 11.6 Å². The highest BCUT2D eigenvalue weighted by molar-refractivity contribution is 6.30. The number of benzene rings is 1. The van der Waals surface area contributed by atoms with Gasteiger partial charge in [-0.15, -0.1) is 11.6 Å². The summed E-state index contributed by atoms with van der Waals surface area (Å²) in [5, 5.41) is 1.07. The molecule has 1 fully saturated rings. The van der Waals surface area contributed by atoms with Crippen LogP contribution in [0.1, 0.15) is 17.9 Å². The lowest BCUT2D eigenvalue weighted by Crippen LogP contribution is -1.83. The molecule has 0 aromatic heterocycles. The van der Waals surface area contributed by atoms with Crippen LogP contribution in [0.15, 0.2) is 24.3 Å². The molecule has 1 aromatic rings. The summed E-state index contributed by atoms with van der Waals surface area (Å²) >= 11 is 5.85. The van der Waals surface area contributed by atoms with Crippen molar-refractivity contribution in [3.8, 4) is 5.75 Å². The van der Waals surface area contributed by atoms with E-state index in [0.29, 0.717) is 5.92 Å². The molecule has 1 aliphatic carbocycles. The zero-order chi connectivity index (χ0) is 8.55. The number of ether oxygens (including phenoxy) is 1. The molecule has 1 atom stereocenters. The maximum absolute atomic E-state index is 5.85. The third kappa shape index (κ3) is 1.42. The molecule has 1 aromatic carbocycles. The van der Waals surface area contributed by atoms with Crippen LogP contribution in [-0.4, -0.2) is 7.11 Å². The number of rotatable bonds is 2. The summed E-state index contributed by atoms with van der Waals surface area (Å²) in [5.41, 5.74) is 1.29. The second-order valence-electron chi connectivity index (χ2n) is 2.98. The summed E-state index contributed by atoms with van der Waals surface area (Å²) in [4.78, 5) is 0. The predicted octanol–water partition coefficient (Wildman–Crippen LogP) is 2.95. The summed E-state index contributed by atoms with van der Waals surface area (Å²) in [7, 11) is 1.67. The molecule has 1 saturated carbocycles. The lowest BCUT2D eigenvalue weighted by molar-refractivity contribution is 0.414. The third-order valence-electron chi connectivity index (χ3n) is 2.14. The molecule has 2 heteroatoms. The van der Waals surface area contributed by atoms with Gasteiger partial charge in [-0.1, -0.05) is 12.1 Å². The minimum atomic E-state index is 0.498. The molecule has 0 bridgehead atoms. The number of halogens is 1. The Bertz CT molecular complexity index is 268. The number of hydrogen-bond acceptors (Lipinski definition) is 1. The first-order valence-electron chi connectivity index (χ1n) is 3.96. The van der Waals surface area contributed by atoms with Gasteiger partial charge in [-0.3, -0.25) is 0 Å². The summed E-state index contributed by atoms with van der Waals surface area (Å²) in [6, 6.07) is 8.08. The standard InChI is InChI=1S/C10H10ClO/c1-12-8-4-2-7(3-5-8)9-6-10(9)11/h2-5,9H,6H2,1H3. The third-order valence-corrected chi connectivity index (χ3v) is 2.55. The van der Waals surface area contributed by atoms with E-state index in [2.05, 4.69) is 12.1 Å². The molecule has 0 N–H and O–H groups in total. The smallest absolute Gasteiger partial charge is 0.118 e. The second-order valence-corrected chi connectivity index (χ2v) is 3.46. The van der Waals surface area contributed by atoms with Gasteiger partial charge in [-0.05, 0) is 24.1 Å². The normalized spacial score (nSPS) is 22.3. The molecule has 1 nitrogen and oxygen atoms in total. The van der Waals surface area contributed by atoms with Crippen molar-refractivity contribution >= 4 is 11.6 Å². The Balaban J connectivity index is 2.14. The van der Waals surface area contributed by atoms with Crippen LogP contribution in [0, 0.1) is 5.38 Å². The number of hydrogen-bond donors (Lipinski definition) is 0. The molecular formula is C10H10ClO. The summed E-state index contributed by atoms with van der Waals surface area (Å²) in [5.74, 6) is 1.40. The lowest BCUT2D eigenvalue weighted by atomic mass is 10.1. The van der Waals surface area contributed by atoms with Gasteiger partial charge in [0.05, 0.1) is 12.5 Å². The highest BCUT2D eigenvalue weighted by Gasteiger charge is 2.37. The SMILES string of the molecule is COc1ccc(C2C[C]2Cl)cc1. The van der Waals surface area contributed by atoms with Crippen LogP contribution in [0.3, 0.4) is 0 Å². The largest absolute Gasteiger partial charge is 0.497 e. The van der Waals surface area contributed by atoms with Gasteiger partial charge in [-0.25, -0.2) is 0 Å². The Morgan fingerprint density at radius 1 is 1.33 bits per heavy atom. The zero-order valence-electron chi connectivity index (χ0n) is 6.88. The highest BCUT2D eigenvalue weighted by atomic mass is 35.5. The van der Waals surface area contributed by atoms with E-state index in [1.165, 1.54) is 5.56 Å². The molecule has 12 heavy (non-hydrogen) atoms. The van der Waals surface area contributed by atoms with Crippen molar-refractivity contribution in [2.75, 3.05) is 7.11 Å². The minimum Gasteiger partial charge on any atom is -0.497 e. The minimum absolute atomic E-state index is 0.498. The highest BCUT2D eigenvalue weighted by Crippen LogP contribution is 2.52. The molecule has 63 valence electrons. The van der Waals surface area contributed by atoms with E-state index in [0.717, 1.165) is 17.5 Å². The molecule has 0 spiro atoms. The summed E-state index contributed by atoms with van der Waals surface area (Å²) in [6.45, 7) is 0. The Kier molecular flexibility index (Phi) is 1.97. The monoisotopic (exact) mass is 181 g/mol. The molecule has 2 rings (SSSR count). The second kappa shape index (κ2) is 2.98. The zero-order valence-corrected chi connectivity index (χ0v) is 7.64. The molecule has 1 unspecified atom stereocenters. The molecule has 1 radical (unpaired) electrons. The maximum atomic E-state index is 5.85. The van der Waals surface area contributed by atoms with E-state index in [-0.39, 0.29) is 0 Å². The molecule has 0 aliphatic heterocycles. The van der Waals surface area contributed by atoms with E-state index >= 15 is 0 Å². The Morgan fingerprint density at radius 3 is 2.33 bits per heavy atom. The van der Waals surface area contributed by atoms with Crippen LogP contribution in [0.4, 0.5) is 0 Å². The first-order chi connectivity index (χ1) is 5.81. The fraction of sp³-hybridized carbons (Fsp3) is 0.300. The van der Waals surface area contributed by atoms with Gasteiger partial charge in [0.25, 0.3) is 0 Å². The van der Waals surface area contributed by atoms with Gasteiger partial charge in [0.2, 0.25) is 0 Å². The molecule has 0 amide bonds. The van der Waals surface area contributed by atoms with Gasteiger partial charge in [-0.2, -0.15) is 0 Å². The topological polar surface area (TPSA) is 9.23 Å². The first-order valence-corrected chi connectivity index (χ1v) is 4.34. The Labute approximate surface area is 77.3 Å². The van der Waals surface area contributed by atoms with Crippen LogP contribution in [0.5, 0.6) is 5.75 Å². The van der Waals surface area contributed by atoms with Gasteiger partial charge in [0, 0.05) is 5.92 Å². The molecule has 0 saturated heterocycles. The fourth-order valence-corrected chi connectivity index (χ4v) is 1.55. The van der Waals surface area contributed by atoms with E-state index < -0.39 is 0 Å². The molecule has 1 aliphatic rings. The van der Waals surface area contributed by atoms with Crippen molar-refractivity contribution in [3.05, 3.63) is 35.2 Å². The first kappa shape index (κ1) is 7.93. The molecule has 0 heterocycles. The van der Waals surface area contributed by atoms with E-state index in [9.17, 15) is 0 Å². The van der Waals surface area contributed by atoms with Crippen molar-refractivity contribution < 1.29 is 4.74 Å². The average molecular weight is 182 g/mol. The predicted molar refractivity (Wildman–Crippen MR) is 49.4 cm³/mol. The maximum Gasteiger partial charge on any atom is 0.118 e. The van der Waals surface area contributed by atoms with Gasteiger partial charge < -0.3 is 4.74 Å². The van der Waals surface area contributed by atoms with E-state index in [1.54, 1.807) is 7.11 Å². The Morgan fingerprint density at radius 2 is 1.92 bits per heavy atom. The fourth-order valence-electron chi connectivity index (χ4n) is 1.27. The summed E-state index contributed by atoms with van der Waals surface area (Å²) < 4.78 is 5.06. The van der Waals surface area contributed by atoms with E-state index in [1.807, 2.05) is 12.1 Å². The van der Waals surface area contributed by atoms with E-state index in [4.69, 9.17) is 16.3 Å². The van der Waals surface area contributed by atoms with Crippen LogP contribution in [0.25, 0.3) is 0 Å². The van der Waals surface area contributed by atoms with Crippen molar-refractivity contribution in [3.63, 3.8) is 0 Å². The van der Waals surface area contributed by atoms with Gasteiger partial charge in [0.1, 0.15) is 5.75 Å². The number of methoxy groups -OCH3 is 1. The van der Waals surface area contributed by atoms with Crippen LogP contribution in [0.2, 0.25) is 0 Å². The quantitative estimate of drug-likeness (QED) is 0.682. The van der Waals surface area contributed by atoms with Crippen LogP contribution in [-0.2, 0) is 0 Å². The van der Waals surface area contributed by atoms with Crippen molar-refractivity contribution in [1.82, 2.24) is 0 Å². The van der Waals surface area contributed by atoms with Gasteiger partial charge in [0.15, 0.2) is 0 Å². The van der Waals surface area contributed by atoms with Crippen molar-refractivity contribution in [2.24, 2.45) is 0 Å².